The van der Waals surface area contributed by atoms with E-state index in [4.69, 9.17) is 4.74 Å². The molecule has 0 heterocycles. The molecule has 0 fully saturated rings. The standard InChI is InChI=1S/C18H19FN2O3/c1-24-16-8-3-2-6-14(16)11-20-18(23)12-21-17(22)10-13-5-4-7-15(19)9-13/h2-9H,10-12H2,1H3,(H,20,23)(H,21,22). The van der Waals surface area contributed by atoms with E-state index < -0.39 is 5.82 Å². The Labute approximate surface area is 139 Å². The lowest BCUT2D eigenvalue weighted by Gasteiger charge is -2.10. The molecule has 0 aliphatic rings. The summed E-state index contributed by atoms with van der Waals surface area (Å²) in [6, 6.07) is 13.2. The van der Waals surface area contributed by atoms with Gasteiger partial charge in [0.25, 0.3) is 0 Å². The Morgan fingerprint density at radius 1 is 1.04 bits per heavy atom. The third-order valence-electron chi connectivity index (χ3n) is 3.37. The molecule has 0 bridgehead atoms. The lowest BCUT2D eigenvalue weighted by atomic mass is 10.1. The van der Waals surface area contributed by atoms with E-state index in [1.807, 2.05) is 24.3 Å². The summed E-state index contributed by atoms with van der Waals surface area (Å²) < 4.78 is 18.2. The van der Waals surface area contributed by atoms with E-state index in [1.54, 1.807) is 13.2 Å². The average molecular weight is 330 g/mol. The van der Waals surface area contributed by atoms with Gasteiger partial charge in [-0.1, -0.05) is 30.3 Å². The normalized spacial score (nSPS) is 10.1. The van der Waals surface area contributed by atoms with Crippen LogP contribution in [0.1, 0.15) is 11.1 Å². The van der Waals surface area contributed by atoms with Crippen LogP contribution in [0, 0.1) is 5.82 Å². The molecule has 0 saturated carbocycles. The molecule has 0 atom stereocenters. The number of methoxy groups -OCH3 is 1. The number of para-hydroxylation sites is 1. The van der Waals surface area contributed by atoms with E-state index in [0.29, 0.717) is 17.9 Å². The van der Waals surface area contributed by atoms with Crippen molar-refractivity contribution >= 4 is 11.8 Å². The molecule has 6 heteroatoms. The van der Waals surface area contributed by atoms with Crippen LogP contribution in [-0.4, -0.2) is 25.5 Å². The summed E-state index contributed by atoms with van der Waals surface area (Å²) in [7, 11) is 1.56. The lowest BCUT2D eigenvalue weighted by molar-refractivity contribution is -0.125. The summed E-state index contributed by atoms with van der Waals surface area (Å²) in [5.74, 6) is -0.357. The summed E-state index contributed by atoms with van der Waals surface area (Å²) in [5.41, 5.74) is 1.40. The quantitative estimate of drug-likeness (QED) is 0.814. The highest BCUT2D eigenvalue weighted by molar-refractivity contribution is 5.85. The number of carbonyl (C=O) groups is 2. The van der Waals surface area contributed by atoms with Gasteiger partial charge in [-0.05, 0) is 23.8 Å². The van der Waals surface area contributed by atoms with Crippen LogP contribution in [0.3, 0.4) is 0 Å². The Bertz CT molecular complexity index is 719. The molecule has 0 saturated heterocycles. The summed E-state index contributed by atoms with van der Waals surface area (Å²) in [6.45, 7) is 0.173. The van der Waals surface area contributed by atoms with Crippen LogP contribution in [0.2, 0.25) is 0 Å². The molecule has 0 aliphatic heterocycles. The molecule has 0 unspecified atom stereocenters. The zero-order valence-corrected chi connectivity index (χ0v) is 13.3. The number of benzene rings is 2. The summed E-state index contributed by atoms with van der Waals surface area (Å²) in [6.07, 6.45) is 0.0253. The minimum atomic E-state index is -0.394. The van der Waals surface area contributed by atoms with Gasteiger partial charge in [0, 0.05) is 12.1 Å². The molecule has 2 N–H and O–H groups in total. The van der Waals surface area contributed by atoms with Crippen molar-refractivity contribution in [2.75, 3.05) is 13.7 Å². The highest BCUT2D eigenvalue weighted by Gasteiger charge is 2.08. The Balaban J connectivity index is 1.75. The van der Waals surface area contributed by atoms with Crippen molar-refractivity contribution in [3.05, 3.63) is 65.5 Å². The van der Waals surface area contributed by atoms with Crippen LogP contribution in [0.5, 0.6) is 5.75 Å². The monoisotopic (exact) mass is 330 g/mol. The van der Waals surface area contributed by atoms with Crippen LogP contribution in [-0.2, 0) is 22.6 Å². The number of nitrogens with one attached hydrogen (secondary N) is 2. The van der Waals surface area contributed by atoms with Gasteiger partial charge < -0.3 is 15.4 Å². The molecule has 0 spiro atoms. The van der Waals surface area contributed by atoms with Gasteiger partial charge in [0.2, 0.25) is 11.8 Å². The van der Waals surface area contributed by atoms with Crippen LogP contribution in [0.15, 0.2) is 48.5 Å². The predicted octanol–water partition coefficient (Wildman–Crippen LogP) is 1.81. The second-order valence-corrected chi connectivity index (χ2v) is 5.17. The Kier molecular flexibility index (Phi) is 6.31. The Morgan fingerprint density at radius 3 is 2.58 bits per heavy atom. The van der Waals surface area contributed by atoms with Gasteiger partial charge in [-0.2, -0.15) is 0 Å². The number of amides is 2. The fourth-order valence-corrected chi connectivity index (χ4v) is 2.18. The molecule has 0 radical (unpaired) electrons. The molecule has 24 heavy (non-hydrogen) atoms. The summed E-state index contributed by atoms with van der Waals surface area (Å²) in [4.78, 5) is 23.6. The first-order valence-corrected chi connectivity index (χ1v) is 7.48. The van der Waals surface area contributed by atoms with Crippen molar-refractivity contribution in [2.24, 2.45) is 0 Å². The minimum absolute atomic E-state index is 0.0253. The molecule has 2 amide bonds. The summed E-state index contributed by atoms with van der Waals surface area (Å²) >= 11 is 0. The molecule has 2 rings (SSSR count). The average Bonchev–Trinajstić information content (AvgIpc) is 2.58. The molecule has 5 nitrogen and oxygen atoms in total. The third-order valence-corrected chi connectivity index (χ3v) is 3.37. The third kappa shape index (κ3) is 5.39. The maximum Gasteiger partial charge on any atom is 0.239 e. The van der Waals surface area contributed by atoms with Gasteiger partial charge in [0.05, 0.1) is 20.1 Å². The second kappa shape index (κ2) is 8.67. The first kappa shape index (κ1) is 17.5. The first-order chi connectivity index (χ1) is 11.6. The molecule has 0 aromatic heterocycles. The van der Waals surface area contributed by atoms with E-state index in [-0.39, 0.29) is 24.8 Å². The van der Waals surface area contributed by atoms with Crippen molar-refractivity contribution in [3.8, 4) is 5.75 Å². The van der Waals surface area contributed by atoms with E-state index >= 15 is 0 Å². The zero-order valence-electron chi connectivity index (χ0n) is 13.3. The van der Waals surface area contributed by atoms with Crippen molar-refractivity contribution < 1.29 is 18.7 Å². The van der Waals surface area contributed by atoms with Gasteiger partial charge in [-0.25, -0.2) is 4.39 Å². The molecule has 126 valence electrons. The maximum absolute atomic E-state index is 13.0. The van der Waals surface area contributed by atoms with Gasteiger partial charge in [0.15, 0.2) is 0 Å². The molecular weight excluding hydrogens is 311 g/mol. The minimum Gasteiger partial charge on any atom is -0.496 e. The van der Waals surface area contributed by atoms with Crippen molar-refractivity contribution in [3.63, 3.8) is 0 Å². The Morgan fingerprint density at radius 2 is 1.83 bits per heavy atom. The summed E-state index contributed by atoms with van der Waals surface area (Å²) in [5, 5.41) is 5.22. The van der Waals surface area contributed by atoms with E-state index in [2.05, 4.69) is 10.6 Å². The number of hydrogen-bond donors (Lipinski definition) is 2. The lowest BCUT2D eigenvalue weighted by Crippen LogP contribution is -2.37. The van der Waals surface area contributed by atoms with Crippen LogP contribution < -0.4 is 15.4 Å². The smallest absolute Gasteiger partial charge is 0.239 e. The zero-order chi connectivity index (χ0) is 17.4. The van der Waals surface area contributed by atoms with Crippen molar-refractivity contribution in [1.82, 2.24) is 10.6 Å². The van der Waals surface area contributed by atoms with Gasteiger partial charge in [-0.3, -0.25) is 9.59 Å². The number of ether oxygens (including phenoxy) is 1. The largest absolute Gasteiger partial charge is 0.496 e. The van der Waals surface area contributed by atoms with Gasteiger partial charge >= 0.3 is 0 Å². The highest BCUT2D eigenvalue weighted by atomic mass is 19.1. The Hall–Kier alpha value is -2.89. The molecule has 2 aromatic rings. The first-order valence-electron chi connectivity index (χ1n) is 7.48. The number of carbonyl (C=O) groups excluding carboxylic acids is 2. The van der Waals surface area contributed by atoms with Crippen molar-refractivity contribution in [1.29, 1.82) is 0 Å². The topological polar surface area (TPSA) is 67.4 Å². The van der Waals surface area contributed by atoms with Gasteiger partial charge in [0.1, 0.15) is 11.6 Å². The molecular formula is C18H19FN2O3. The molecule has 0 aliphatic carbocycles. The SMILES string of the molecule is COc1ccccc1CNC(=O)CNC(=O)Cc1cccc(F)c1. The van der Waals surface area contributed by atoms with Gasteiger partial charge in [-0.15, -0.1) is 0 Å². The van der Waals surface area contributed by atoms with E-state index in [1.165, 1.54) is 18.2 Å². The second-order valence-electron chi connectivity index (χ2n) is 5.17. The highest BCUT2D eigenvalue weighted by Crippen LogP contribution is 2.16. The van der Waals surface area contributed by atoms with Crippen LogP contribution in [0.4, 0.5) is 4.39 Å². The fraction of sp³-hybridized carbons (Fsp3) is 0.222. The fourth-order valence-electron chi connectivity index (χ4n) is 2.18. The van der Waals surface area contributed by atoms with Crippen LogP contribution in [0.25, 0.3) is 0 Å². The number of rotatable bonds is 7. The van der Waals surface area contributed by atoms with E-state index in [9.17, 15) is 14.0 Å². The van der Waals surface area contributed by atoms with Crippen LogP contribution >= 0.6 is 0 Å². The molecule has 2 aromatic carbocycles. The van der Waals surface area contributed by atoms with Crippen molar-refractivity contribution in [2.45, 2.75) is 13.0 Å². The maximum atomic E-state index is 13.0. The predicted molar refractivity (Wildman–Crippen MR) is 88.0 cm³/mol. The number of hydrogen-bond acceptors (Lipinski definition) is 3. The number of halogens is 1. The van der Waals surface area contributed by atoms with E-state index in [0.717, 1.165) is 5.56 Å².